The minimum atomic E-state index is -3.50. The minimum Gasteiger partial charge on any atom is -0.327 e. The fourth-order valence-corrected chi connectivity index (χ4v) is 5.95. The number of benzene rings is 1. The number of sulfonamides is 1. The second kappa shape index (κ2) is 9.74. The predicted octanol–water partition coefficient (Wildman–Crippen LogP) is 3.88. The van der Waals surface area contributed by atoms with Crippen molar-refractivity contribution in [2.45, 2.75) is 48.7 Å². The first-order chi connectivity index (χ1) is 15.4. The summed E-state index contributed by atoms with van der Waals surface area (Å²) in [6, 6.07) is 9.37. The summed E-state index contributed by atoms with van der Waals surface area (Å²) in [4.78, 5) is 6.37. The first-order valence-corrected chi connectivity index (χ1v) is 13.7. The van der Waals surface area contributed by atoms with Gasteiger partial charge in [0.05, 0.1) is 21.7 Å². The Morgan fingerprint density at radius 2 is 2.03 bits per heavy atom. The molecule has 0 amide bonds. The molecule has 4 aromatic rings. The molecule has 32 heavy (non-hydrogen) atoms. The molecule has 0 radical (unpaired) electrons. The van der Waals surface area contributed by atoms with Crippen molar-refractivity contribution in [2.24, 2.45) is 0 Å². The number of fused-ring (bicyclic) bond motifs is 1. The highest BCUT2D eigenvalue weighted by molar-refractivity contribution is 7.98. The highest BCUT2D eigenvalue weighted by atomic mass is 32.2. The van der Waals surface area contributed by atoms with Crippen LogP contribution in [-0.4, -0.2) is 51.1 Å². The fraction of sp³-hybridized carbons (Fsp3) is 0.381. The Kier molecular flexibility index (Phi) is 6.99. The second-order valence-corrected chi connectivity index (χ2v) is 11.7. The number of imidazole rings is 1. The maximum absolute atomic E-state index is 12.5. The quantitative estimate of drug-likeness (QED) is 0.314. The van der Waals surface area contributed by atoms with E-state index in [1.807, 2.05) is 6.07 Å². The first-order valence-electron chi connectivity index (χ1n) is 10.3. The molecule has 1 aromatic carbocycles. The molecule has 0 aliphatic heterocycles. The van der Waals surface area contributed by atoms with Gasteiger partial charge in [0.1, 0.15) is 12.2 Å². The van der Waals surface area contributed by atoms with Gasteiger partial charge in [-0.05, 0) is 42.5 Å². The van der Waals surface area contributed by atoms with E-state index in [1.165, 1.54) is 23.3 Å². The molecule has 0 bridgehead atoms. The van der Waals surface area contributed by atoms with Gasteiger partial charge in [0, 0.05) is 32.1 Å². The van der Waals surface area contributed by atoms with Crippen LogP contribution in [0.3, 0.4) is 0 Å². The van der Waals surface area contributed by atoms with Crippen LogP contribution in [0.2, 0.25) is 0 Å². The summed E-state index contributed by atoms with van der Waals surface area (Å²) in [6.07, 6.45) is 3.67. The Bertz CT molecular complexity index is 1290. The van der Waals surface area contributed by atoms with Crippen molar-refractivity contribution >= 4 is 44.2 Å². The van der Waals surface area contributed by atoms with E-state index in [4.69, 9.17) is 4.98 Å². The summed E-state index contributed by atoms with van der Waals surface area (Å²) < 4.78 is 30.5. The average molecular weight is 491 g/mol. The van der Waals surface area contributed by atoms with Gasteiger partial charge in [-0.15, -0.1) is 21.5 Å². The zero-order chi connectivity index (χ0) is 22.7. The van der Waals surface area contributed by atoms with Gasteiger partial charge in [0.2, 0.25) is 10.0 Å². The number of hydrogen-bond acceptors (Lipinski definition) is 7. The molecule has 3 aromatic heterocycles. The number of thioether (sulfide) groups is 1. The number of thiophene rings is 1. The van der Waals surface area contributed by atoms with Gasteiger partial charge < -0.3 is 9.13 Å². The molecule has 0 spiro atoms. The molecule has 0 aliphatic rings. The van der Waals surface area contributed by atoms with Gasteiger partial charge in [0.15, 0.2) is 5.16 Å². The molecule has 170 valence electrons. The molecular formula is C21H26N6O2S3. The van der Waals surface area contributed by atoms with Crippen LogP contribution in [0.1, 0.15) is 24.0 Å². The largest absolute Gasteiger partial charge is 0.327 e. The Hall–Kier alpha value is -2.21. The van der Waals surface area contributed by atoms with Crippen molar-refractivity contribution < 1.29 is 8.42 Å². The third-order valence-corrected chi connectivity index (χ3v) is 8.84. The zero-order valence-electron chi connectivity index (χ0n) is 18.3. The Morgan fingerprint density at radius 3 is 2.75 bits per heavy atom. The molecule has 0 saturated heterocycles. The van der Waals surface area contributed by atoms with Crippen LogP contribution < -0.4 is 0 Å². The molecule has 3 heterocycles. The van der Waals surface area contributed by atoms with Crippen molar-refractivity contribution in [3.05, 3.63) is 52.7 Å². The van der Waals surface area contributed by atoms with Gasteiger partial charge in [-0.1, -0.05) is 24.8 Å². The summed E-state index contributed by atoms with van der Waals surface area (Å²) in [7, 11) is -0.437. The third kappa shape index (κ3) is 4.75. The van der Waals surface area contributed by atoms with Crippen molar-refractivity contribution in [2.75, 3.05) is 14.1 Å². The molecule has 0 aliphatic carbocycles. The normalized spacial score (nSPS) is 12.2. The molecular weight excluding hydrogens is 464 g/mol. The van der Waals surface area contributed by atoms with Gasteiger partial charge in [-0.3, -0.25) is 0 Å². The lowest BCUT2D eigenvalue weighted by Crippen LogP contribution is -2.22. The van der Waals surface area contributed by atoms with E-state index in [-0.39, 0.29) is 4.90 Å². The Morgan fingerprint density at radius 1 is 1.19 bits per heavy atom. The molecule has 0 saturated carbocycles. The second-order valence-electron chi connectivity index (χ2n) is 7.54. The number of hydrogen-bond donors (Lipinski definition) is 0. The summed E-state index contributed by atoms with van der Waals surface area (Å²) in [5.41, 5.74) is 1.63. The Balaban J connectivity index is 1.56. The monoisotopic (exact) mass is 490 g/mol. The number of aromatic nitrogens is 5. The molecule has 0 unspecified atom stereocenters. The maximum atomic E-state index is 12.5. The van der Waals surface area contributed by atoms with Gasteiger partial charge in [-0.25, -0.2) is 17.7 Å². The lowest BCUT2D eigenvalue weighted by molar-refractivity contribution is 0.521. The van der Waals surface area contributed by atoms with Crippen LogP contribution in [0.5, 0.6) is 0 Å². The predicted molar refractivity (Wildman–Crippen MR) is 129 cm³/mol. The van der Waals surface area contributed by atoms with E-state index in [2.05, 4.69) is 43.8 Å². The summed E-state index contributed by atoms with van der Waals surface area (Å²) in [5.74, 6) is 1.53. The van der Waals surface area contributed by atoms with Crippen LogP contribution in [0, 0.1) is 0 Å². The lowest BCUT2D eigenvalue weighted by atomic mass is 10.3. The SMILES string of the molecule is CCCn1c(CSc2nncn2CCc2cccs2)nc2cc(S(=O)(=O)N(C)C)ccc21. The molecule has 4 rings (SSSR count). The fourth-order valence-electron chi connectivity index (χ4n) is 3.44. The van der Waals surface area contributed by atoms with E-state index in [9.17, 15) is 8.42 Å². The van der Waals surface area contributed by atoms with E-state index in [0.717, 1.165) is 42.4 Å². The maximum Gasteiger partial charge on any atom is 0.242 e. The number of nitrogens with zero attached hydrogens (tertiary/aromatic N) is 6. The molecule has 11 heteroatoms. The van der Waals surface area contributed by atoms with Crippen molar-refractivity contribution in [3.8, 4) is 0 Å². The van der Waals surface area contributed by atoms with Crippen LogP contribution >= 0.6 is 23.1 Å². The summed E-state index contributed by atoms with van der Waals surface area (Å²) in [6.45, 7) is 3.76. The van der Waals surface area contributed by atoms with Gasteiger partial charge >= 0.3 is 0 Å². The van der Waals surface area contributed by atoms with Crippen molar-refractivity contribution in [1.29, 1.82) is 0 Å². The summed E-state index contributed by atoms with van der Waals surface area (Å²) >= 11 is 3.35. The van der Waals surface area contributed by atoms with Crippen molar-refractivity contribution in [3.63, 3.8) is 0 Å². The van der Waals surface area contributed by atoms with Crippen LogP contribution in [-0.2, 0) is 35.3 Å². The highest BCUT2D eigenvalue weighted by Crippen LogP contribution is 2.27. The van der Waals surface area contributed by atoms with Crippen LogP contribution in [0.4, 0.5) is 0 Å². The Labute approximate surface area is 196 Å². The number of aryl methyl sites for hydroxylation is 3. The lowest BCUT2D eigenvalue weighted by Gasteiger charge is -2.11. The standard InChI is InChI=1S/C21H26N6O2S3/c1-4-10-27-19-8-7-17(32(28,29)25(2)3)13-18(19)23-20(27)14-31-21-24-22-15-26(21)11-9-16-6-5-12-30-16/h5-8,12-13,15H,4,9-11,14H2,1-3H3. The van der Waals surface area contributed by atoms with Crippen LogP contribution in [0.15, 0.2) is 52.1 Å². The third-order valence-electron chi connectivity index (χ3n) is 5.11. The number of rotatable bonds is 10. The summed E-state index contributed by atoms with van der Waals surface area (Å²) in [5, 5.41) is 11.3. The topological polar surface area (TPSA) is 85.9 Å². The molecule has 0 N–H and O–H groups in total. The average Bonchev–Trinajstić information content (AvgIpc) is 3.51. The zero-order valence-corrected chi connectivity index (χ0v) is 20.8. The first kappa shape index (κ1) is 23.0. The molecule has 0 fully saturated rings. The highest BCUT2D eigenvalue weighted by Gasteiger charge is 2.20. The molecule has 0 atom stereocenters. The minimum absolute atomic E-state index is 0.253. The smallest absolute Gasteiger partial charge is 0.242 e. The van der Waals surface area contributed by atoms with Crippen molar-refractivity contribution in [1.82, 2.24) is 28.6 Å². The van der Waals surface area contributed by atoms with E-state index >= 15 is 0 Å². The van der Waals surface area contributed by atoms with E-state index < -0.39 is 10.0 Å². The van der Waals surface area contributed by atoms with E-state index in [1.54, 1.807) is 41.6 Å². The molecule has 8 nitrogen and oxygen atoms in total. The van der Waals surface area contributed by atoms with E-state index in [0.29, 0.717) is 11.3 Å². The van der Waals surface area contributed by atoms with Crippen LogP contribution in [0.25, 0.3) is 11.0 Å². The van der Waals surface area contributed by atoms with Gasteiger partial charge in [-0.2, -0.15) is 0 Å². The van der Waals surface area contributed by atoms with Gasteiger partial charge in [0.25, 0.3) is 0 Å².